The maximum absolute atomic E-state index is 11.9. The third-order valence-electron chi connectivity index (χ3n) is 2.85. The van der Waals surface area contributed by atoms with Crippen molar-refractivity contribution in [1.82, 2.24) is 5.32 Å². The predicted molar refractivity (Wildman–Crippen MR) is 67.6 cm³/mol. The smallest absolute Gasteiger partial charge is 0.228 e. The minimum Gasteiger partial charge on any atom is -0.495 e. The quantitative estimate of drug-likeness (QED) is 0.866. The number of carbonyl (C=O) groups is 1. The van der Waals surface area contributed by atoms with Gasteiger partial charge in [-0.2, -0.15) is 0 Å². The lowest BCUT2D eigenvalue weighted by Crippen LogP contribution is -2.24. The van der Waals surface area contributed by atoms with E-state index in [-0.39, 0.29) is 11.8 Å². The third kappa shape index (κ3) is 2.90. The lowest BCUT2D eigenvalue weighted by molar-refractivity contribution is -0.119. The Kier molecular flexibility index (Phi) is 3.86. The molecular formula is C12H15ClN2O2. The van der Waals surface area contributed by atoms with Gasteiger partial charge in [-0.05, 0) is 25.1 Å². The molecule has 0 aliphatic carbocycles. The second-order valence-corrected chi connectivity index (χ2v) is 4.44. The molecule has 0 saturated carbocycles. The first-order valence-electron chi connectivity index (χ1n) is 5.56. The standard InChI is InChI=1S/C12H15ClN2O2/c1-17-11-6-9(2-3-10(11)13)15-12(16)8-4-5-14-7-8/h2-3,6,8,14H,4-5,7H2,1H3,(H,15,16). The Labute approximate surface area is 105 Å². The zero-order chi connectivity index (χ0) is 12.3. The molecular weight excluding hydrogens is 240 g/mol. The SMILES string of the molecule is COc1cc(NC(=O)C2CCNC2)ccc1Cl. The number of rotatable bonds is 3. The number of benzene rings is 1. The summed E-state index contributed by atoms with van der Waals surface area (Å²) < 4.78 is 5.10. The average molecular weight is 255 g/mol. The molecule has 0 bridgehead atoms. The van der Waals surface area contributed by atoms with Gasteiger partial charge in [-0.3, -0.25) is 4.79 Å². The van der Waals surface area contributed by atoms with E-state index in [0.717, 1.165) is 19.5 Å². The number of halogens is 1. The zero-order valence-electron chi connectivity index (χ0n) is 9.63. The largest absolute Gasteiger partial charge is 0.495 e. The van der Waals surface area contributed by atoms with Crippen LogP contribution in [-0.4, -0.2) is 26.1 Å². The van der Waals surface area contributed by atoms with Gasteiger partial charge in [0.05, 0.1) is 18.1 Å². The van der Waals surface area contributed by atoms with Gasteiger partial charge in [0.25, 0.3) is 0 Å². The highest BCUT2D eigenvalue weighted by molar-refractivity contribution is 6.32. The van der Waals surface area contributed by atoms with E-state index in [9.17, 15) is 4.79 Å². The second-order valence-electron chi connectivity index (χ2n) is 4.03. The summed E-state index contributed by atoms with van der Waals surface area (Å²) in [5, 5.41) is 6.57. The van der Waals surface area contributed by atoms with Crippen molar-refractivity contribution in [2.75, 3.05) is 25.5 Å². The van der Waals surface area contributed by atoms with Gasteiger partial charge >= 0.3 is 0 Å². The fourth-order valence-electron chi connectivity index (χ4n) is 1.86. The van der Waals surface area contributed by atoms with Crippen molar-refractivity contribution in [2.45, 2.75) is 6.42 Å². The number of anilines is 1. The first-order chi connectivity index (χ1) is 8.20. The highest BCUT2D eigenvalue weighted by atomic mass is 35.5. The minimum atomic E-state index is 0.0411. The molecule has 0 spiro atoms. The summed E-state index contributed by atoms with van der Waals surface area (Å²) in [5.41, 5.74) is 0.711. The number of nitrogens with one attached hydrogen (secondary N) is 2. The molecule has 1 fully saturated rings. The number of ether oxygens (including phenoxy) is 1. The first kappa shape index (κ1) is 12.2. The maximum Gasteiger partial charge on any atom is 0.228 e. The van der Waals surface area contributed by atoms with Crippen LogP contribution in [0.1, 0.15) is 6.42 Å². The van der Waals surface area contributed by atoms with Crippen molar-refractivity contribution < 1.29 is 9.53 Å². The molecule has 2 N–H and O–H groups in total. The molecule has 4 nitrogen and oxygen atoms in total. The van der Waals surface area contributed by atoms with Gasteiger partial charge in [-0.15, -0.1) is 0 Å². The van der Waals surface area contributed by atoms with Crippen LogP contribution in [-0.2, 0) is 4.79 Å². The van der Waals surface area contributed by atoms with Crippen molar-refractivity contribution in [2.24, 2.45) is 5.92 Å². The maximum atomic E-state index is 11.9. The molecule has 1 atom stereocenters. The molecule has 5 heteroatoms. The summed E-state index contributed by atoms with van der Waals surface area (Å²) in [7, 11) is 1.55. The Morgan fingerprint density at radius 3 is 3.06 bits per heavy atom. The van der Waals surface area contributed by atoms with E-state index >= 15 is 0 Å². The van der Waals surface area contributed by atoms with Gasteiger partial charge in [0.2, 0.25) is 5.91 Å². The molecule has 1 saturated heterocycles. The fourth-order valence-corrected chi connectivity index (χ4v) is 2.06. The number of carbonyl (C=O) groups excluding carboxylic acids is 1. The Morgan fingerprint density at radius 2 is 2.41 bits per heavy atom. The van der Waals surface area contributed by atoms with Gasteiger partial charge in [0, 0.05) is 18.3 Å². The molecule has 0 aromatic heterocycles. The van der Waals surface area contributed by atoms with E-state index in [1.165, 1.54) is 0 Å². The van der Waals surface area contributed by atoms with Crippen molar-refractivity contribution in [3.63, 3.8) is 0 Å². The number of methoxy groups -OCH3 is 1. The molecule has 2 rings (SSSR count). The van der Waals surface area contributed by atoms with Crippen molar-refractivity contribution >= 4 is 23.2 Å². The molecule has 92 valence electrons. The molecule has 1 aliphatic rings. The van der Waals surface area contributed by atoms with Crippen LogP contribution in [0.4, 0.5) is 5.69 Å². The van der Waals surface area contributed by atoms with E-state index in [0.29, 0.717) is 16.5 Å². The number of hydrogen-bond acceptors (Lipinski definition) is 3. The molecule has 1 unspecified atom stereocenters. The van der Waals surface area contributed by atoms with E-state index in [1.807, 2.05) is 0 Å². The van der Waals surface area contributed by atoms with Crippen LogP contribution in [0.15, 0.2) is 18.2 Å². The summed E-state index contributed by atoms with van der Waals surface area (Å²) in [6, 6.07) is 5.21. The molecule has 1 aliphatic heterocycles. The minimum absolute atomic E-state index is 0.0411. The molecule has 1 amide bonds. The van der Waals surface area contributed by atoms with Crippen LogP contribution in [0, 0.1) is 5.92 Å². The lowest BCUT2D eigenvalue weighted by atomic mass is 10.1. The molecule has 0 radical (unpaired) electrons. The second kappa shape index (κ2) is 5.38. The molecule has 1 heterocycles. The Balaban J connectivity index is 2.05. The third-order valence-corrected chi connectivity index (χ3v) is 3.16. The topological polar surface area (TPSA) is 50.4 Å². The normalized spacial score (nSPS) is 19.1. The summed E-state index contributed by atoms with van der Waals surface area (Å²) >= 11 is 5.91. The van der Waals surface area contributed by atoms with Crippen molar-refractivity contribution in [1.29, 1.82) is 0 Å². The van der Waals surface area contributed by atoms with E-state index < -0.39 is 0 Å². The van der Waals surface area contributed by atoms with Gasteiger partial charge < -0.3 is 15.4 Å². The van der Waals surface area contributed by atoms with E-state index in [1.54, 1.807) is 25.3 Å². The van der Waals surface area contributed by atoms with Crippen LogP contribution in [0.25, 0.3) is 0 Å². The highest BCUT2D eigenvalue weighted by Gasteiger charge is 2.22. The lowest BCUT2D eigenvalue weighted by Gasteiger charge is -2.11. The van der Waals surface area contributed by atoms with Crippen LogP contribution in [0.3, 0.4) is 0 Å². The van der Waals surface area contributed by atoms with Gasteiger partial charge in [-0.25, -0.2) is 0 Å². The predicted octanol–water partition coefficient (Wildman–Crippen LogP) is 1.90. The van der Waals surface area contributed by atoms with Gasteiger partial charge in [0.15, 0.2) is 0 Å². The first-order valence-corrected chi connectivity index (χ1v) is 5.93. The summed E-state index contributed by atoms with van der Waals surface area (Å²) in [4.78, 5) is 11.9. The summed E-state index contributed by atoms with van der Waals surface area (Å²) in [6.07, 6.45) is 0.885. The number of amides is 1. The van der Waals surface area contributed by atoms with Crippen molar-refractivity contribution in [3.05, 3.63) is 23.2 Å². The Bertz CT molecular complexity index is 417. The summed E-state index contributed by atoms with van der Waals surface area (Å²) in [6.45, 7) is 1.65. The van der Waals surface area contributed by atoms with E-state index in [4.69, 9.17) is 16.3 Å². The van der Waals surface area contributed by atoms with E-state index in [2.05, 4.69) is 10.6 Å². The van der Waals surface area contributed by atoms with Gasteiger partial charge in [-0.1, -0.05) is 11.6 Å². The summed E-state index contributed by atoms with van der Waals surface area (Å²) in [5.74, 6) is 0.657. The average Bonchev–Trinajstić information content (AvgIpc) is 2.85. The fraction of sp³-hybridized carbons (Fsp3) is 0.417. The van der Waals surface area contributed by atoms with Gasteiger partial charge in [0.1, 0.15) is 5.75 Å². The monoisotopic (exact) mass is 254 g/mol. The van der Waals surface area contributed by atoms with Crippen LogP contribution < -0.4 is 15.4 Å². The molecule has 1 aromatic carbocycles. The molecule has 1 aromatic rings. The van der Waals surface area contributed by atoms with Crippen LogP contribution >= 0.6 is 11.6 Å². The van der Waals surface area contributed by atoms with Crippen molar-refractivity contribution in [3.8, 4) is 5.75 Å². The Hall–Kier alpha value is -1.26. The molecule has 17 heavy (non-hydrogen) atoms. The van der Waals surface area contributed by atoms with Crippen LogP contribution in [0.2, 0.25) is 5.02 Å². The van der Waals surface area contributed by atoms with Crippen LogP contribution in [0.5, 0.6) is 5.75 Å². The zero-order valence-corrected chi connectivity index (χ0v) is 10.4. The Morgan fingerprint density at radius 1 is 1.59 bits per heavy atom. The number of hydrogen-bond donors (Lipinski definition) is 2. The highest BCUT2D eigenvalue weighted by Crippen LogP contribution is 2.27.